The van der Waals surface area contributed by atoms with Crippen LogP contribution in [0.4, 0.5) is 13.2 Å². The molecule has 0 radical (unpaired) electrons. The van der Waals surface area contributed by atoms with E-state index >= 15 is 0 Å². The molecule has 1 aromatic heterocycles. The molecule has 0 fully saturated rings. The molecule has 0 unspecified atom stereocenters. The molecule has 0 N–H and O–H groups in total. The van der Waals surface area contributed by atoms with Crippen LogP contribution < -0.4 is 0 Å². The smallest absolute Gasteiger partial charge is 0.416 e. The normalized spacial score (nSPS) is 11.6. The van der Waals surface area contributed by atoms with Gasteiger partial charge < -0.3 is 4.42 Å². The number of hydrogen-bond acceptors (Lipinski definition) is 3. The van der Waals surface area contributed by atoms with E-state index in [0.29, 0.717) is 11.5 Å². The lowest BCUT2D eigenvalue weighted by atomic mass is 10.1. The molecule has 1 heterocycles. The highest BCUT2D eigenvalue weighted by Gasteiger charge is 2.30. The Bertz CT molecular complexity index is 774. The second kappa shape index (κ2) is 5.29. The minimum Gasteiger partial charge on any atom is -0.416 e. The fourth-order valence-corrected chi connectivity index (χ4v) is 1.95. The molecular weight excluding hydrogens is 293 g/mol. The highest BCUT2D eigenvalue weighted by Crippen LogP contribution is 2.31. The Morgan fingerprint density at radius 2 is 1.23 bits per heavy atom. The van der Waals surface area contributed by atoms with Gasteiger partial charge in [-0.05, 0) is 43.3 Å². The van der Waals surface area contributed by atoms with Crippen LogP contribution in [0.1, 0.15) is 11.1 Å². The molecule has 3 nitrogen and oxygen atoms in total. The Kier molecular flexibility index (Phi) is 3.44. The Morgan fingerprint density at radius 3 is 1.68 bits per heavy atom. The summed E-state index contributed by atoms with van der Waals surface area (Å²) in [4.78, 5) is 0. The van der Waals surface area contributed by atoms with E-state index < -0.39 is 11.7 Å². The van der Waals surface area contributed by atoms with Gasteiger partial charge in [-0.1, -0.05) is 17.7 Å². The highest BCUT2D eigenvalue weighted by molar-refractivity contribution is 5.58. The highest BCUT2D eigenvalue weighted by atomic mass is 19.4. The van der Waals surface area contributed by atoms with Crippen molar-refractivity contribution in [3.8, 4) is 22.9 Å². The van der Waals surface area contributed by atoms with Gasteiger partial charge in [-0.2, -0.15) is 13.2 Å². The molecule has 3 rings (SSSR count). The molecule has 112 valence electrons. The lowest BCUT2D eigenvalue weighted by Crippen LogP contribution is -2.03. The van der Waals surface area contributed by atoms with Gasteiger partial charge in [-0.15, -0.1) is 10.2 Å². The van der Waals surface area contributed by atoms with E-state index in [4.69, 9.17) is 4.42 Å². The second-order valence-corrected chi connectivity index (χ2v) is 4.85. The van der Waals surface area contributed by atoms with Crippen molar-refractivity contribution in [1.29, 1.82) is 0 Å². The maximum Gasteiger partial charge on any atom is 0.416 e. The molecule has 0 atom stereocenters. The average Bonchev–Trinajstić information content (AvgIpc) is 2.97. The van der Waals surface area contributed by atoms with E-state index in [9.17, 15) is 13.2 Å². The maximum atomic E-state index is 12.5. The zero-order chi connectivity index (χ0) is 15.7. The molecule has 0 aliphatic heterocycles. The van der Waals surface area contributed by atoms with Crippen molar-refractivity contribution in [2.45, 2.75) is 13.1 Å². The fourth-order valence-electron chi connectivity index (χ4n) is 1.95. The van der Waals surface area contributed by atoms with E-state index in [1.54, 1.807) is 0 Å². The number of halogens is 3. The first kappa shape index (κ1) is 14.3. The molecule has 22 heavy (non-hydrogen) atoms. The standard InChI is InChI=1S/C16H11F3N2O/c1-10-2-4-11(5-3-10)14-20-21-15(22-14)12-6-8-13(9-7-12)16(17,18)19/h2-9H,1H3. The van der Waals surface area contributed by atoms with Crippen molar-refractivity contribution < 1.29 is 17.6 Å². The monoisotopic (exact) mass is 304 g/mol. The van der Waals surface area contributed by atoms with Crippen molar-refractivity contribution >= 4 is 0 Å². The number of nitrogens with zero attached hydrogens (tertiary/aromatic N) is 2. The lowest BCUT2D eigenvalue weighted by molar-refractivity contribution is -0.137. The Labute approximate surface area is 124 Å². The number of aryl methyl sites for hydroxylation is 1. The van der Waals surface area contributed by atoms with Crippen molar-refractivity contribution in [3.63, 3.8) is 0 Å². The zero-order valence-electron chi connectivity index (χ0n) is 11.6. The van der Waals surface area contributed by atoms with Crippen LogP contribution in [0.5, 0.6) is 0 Å². The summed E-state index contributed by atoms with van der Waals surface area (Å²) >= 11 is 0. The summed E-state index contributed by atoms with van der Waals surface area (Å²) < 4.78 is 43.1. The van der Waals surface area contributed by atoms with E-state index in [2.05, 4.69) is 10.2 Å². The first-order valence-corrected chi connectivity index (χ1v) is 6.52. The van der Waals surface area contributed by atoms with E-state index in [0.717, 1.165) is 23.3 Å². The van der Waals surface area contributed by atoms with Crippen LogP contribution in [0.2, 0.25) is 0 Å². The SMILES string of the molecule is Cc1ccc(-c2nnc(-c3ccc(C(F)(F)F)cc3)o2)cc1. The third-order valence-corrected chi connectivity index (χ3v) is 3.18. The van der Waals surface area contributed by atoms with Crippen LogP contribution in [-0.4, -0.2) is 10.2 Å². The summed E-state index contributed by atoms with van der Waals surface area (Å²) in [7, 11) is 0. The molecule has 0 bridgehead atoms. The minimum absolute atomic E-state index is 0.185. The number of hydrogen-bond donors (Lipinski definition) is 0. The van der Waals surface area contributed by atoms with Gasteiger partial charge in [0.25, 0.3) is 0 Å². The predicted octanol–water partition coefficient (Wildman–Crippen LogP) is 4.73. The van der Waals surface area contributed by atoms with E-state index in [1.807, 2.05) is 31.2 Å². The van der Waals surface area contributed by atoms with Crippen LogP contribution in [0, 0.1) is 6.92 Å². The maximum absolute atomic E-state index is 12.5. The van der Waals surface area contributed by atoms with Crippen LogP contribution in [0.3, 0.4) is 0 Å². The third-order valence-electron chi connectivity index (χ3n) is 3.18. The quantitative estimate of drug-likeness (QED) is 0.687. The van der Waals surface area contributed by atoms with Crippen LogP contribution in [0.15, 0.2) is 52.9 Å². The van der Waals surface area contributed by atoms with Crippen molar-refractivity contribution in [2.24, 2.45) is 0 Å². The second-order valence-electron chi connectivity index (χ2n) is 4.85. The summed E-state index contributed by atoms with van der Waals surface area (Å²) in [5.74, 6) is 0.513. The summed E-state index contributed by atoms with van der Waals surface area (Å²) in [6.45, 7) is 1.96. The van der Waals surface area contributed by atoms with Crippen molar-refractivity contribution in [3.05, 3.63) is 59.7 Å². The molecule has 0 aliphatic rings. The largest absolute Gasteiger partial charge is 0.416 e. The molecule has 0 spiro atoms. The van der Waals surface area contributed by atoms with Gasteiger partial charge in [0.05, 0.1) is 5.56 Å². The van der Waals surface area contributed by atoms with Gasteiger partial charge in [-0.3, -0.25) is 0 Å². The molecule has 0 saturated heterocycles. The number of benzene rings is 2. The van der Waals surface area contributed by atoms with Crippen LogP contribution >= 0.6 is 0 Å². The van der Waals surface area contributed by atoms with Crippen LogP contribution in [-0.2, 0) is 6.18 Å². The lowest BCUT2D eigenvalue weighted by Gasteiger charge is -2.05. The van der Waals surface area contributed by atoms with Gasteiger partial charge in [0.15, 0.2) is 0 Å². The van der Waals surface area contributed by atoms with Crippen LogP contribution in [0.25, 0.3) is 22.9 Å². The number of rotatable bonds is 2. The number of alkyl halides is 3. The summed E-state index contributed by atoms with van der Waals surface area (Å²) in [5.41, 5.74) is 1.59. The molecule has 3 aromatic rings. The molecule has 2 aromatic carbocycles. The van der Waals surface area contributed by atoms with Gasteiger partial charge in [-0.25, -0.2) is 0 Å². The fraction of sp³-hybridized carbons (Fsp3) is 0.125. The molecule has 6 heteroatoms. The predicted molar refractivity (Wildman–Crippen MR) is 74.9 cm³/mol. The first-order chi connectivity index (χ1) is 10.4. The van der Waals surface area contributed by atoms with E-state index in [-0.39, 0.29) is 5.89 Å². The third kappa shape index (κ3) is 2.86. The van der Waals surface area contributed by atoms with Crippen molar-refractivity contribution in [2.75, 3.05) is 0 Å². The minimum atomic E-state index is -4.36. The Hall–Kier alpha value is -2.63. The molecule has 0 saturated carbocycles. The van der Waals surface area contributed by atoms with Gasteiger partial charge in [0, 0.05) is 11.1 Å². The molecule has 0 aliphatic carbocycles. The molecule has 0 amide bonds. The number of aromatic nitrogens is 2. The van der Waals surface area contributed by atoms with Crippen molar-refractivity contribution in [1.82, 2.24) is 10.2 Å². The average molecular weight is 304 g/mol. The Morgan fingerprint density at radius 1 is 0.773 bits per heavy atom. The topological polar surface area (TPSA) is 38.9 Å². The Balaban J connectivity index is 1.89. The van der Waals surface area contributed by atoms with E-state index in [1.165, 1.54) is 12.1 Å². The summed E-state index contributed by atoms with van der Waals surface area (Å²) in [5, 5.41) is 7.80. The zero-order valence-corrected chi connectivity index (χ0v) is 11.6. The molecular formula is C16H11F3N2O. The van der Waals surface area contributed by atoms with Gasteiger partial charge in [0.1, 0.15) is 0 Å². The summed E-state index contributed by atoms with van der Waals surface area (Å²) in [6, 6.07) is 12.1. The van der Waals surface area contributed by atoms with Gasteiger partial charge in [0.2, 0.25) is 11.8 Å². The van der Waals surface area contributed by atoms with Gasteiger partial charge >= 0.3 is 6.18 Å². The first-order valence-electron chi connectivity index (χ1n) is 6.52. The summed E-state index contributed by atoms with van der Waals surface area (Å²) in [6.07, 6.45) is -4.36.